The molecule has 0 radical (unpaired) electrons. The van der Waals surface area contributed by atoms with Gasteiger partial charge in [0.05, 0.1) is 5.41 Å². The monoisotopic (exact) mass is 246 g/mol. The fourth-order valence-corrected chi connectivity index (χ4v) is 2.60. The van der Waals surface area contributed by atoms with E-state index in [4.69, 9.17) is 0 Å². The van der Waals surface area contributed by atoms with Gasteiger partial charge in [-0.25, -0.2) is 0 Å². The molecule has 0 bridgehead atoms. The summed E-state index contributed by atoms with van der Waals surface area (Å²) in [6.45, 7) is 4.02. The minimum Gasteiger partial charge on any atom is -0.342 e. The smallest absolute Gasteiger partial charge is 0.229 e. The second-order valence-electron chi connectivity index (χ2n) is 5.34. The Labute approximate surface area is 104 Å². The van der Waals surface area contributed by atoms with Gasteiger partial charge in [0, 0.05) is 19.6 Å². The quantitative estimate of drug-likeness (QED) is 0.806. The summed E-state index contributed by atoms with van der Waals surface area (Å²) in [6.07, 6.45) is 5.85. The maximum Gasteiger partial charge on any atom is 0.229 e. The van der Waals surface area contributed by atoms with Gasteiger partial charge in [0.25, 0.3) is 0 Å². The molecule has 2 fully saturated rings. The van der Waals surface area contributed by atoms with Crippen LogP contribution in [0.2, 0.25) is 0 Å². The van der Waals surface area contributed by atoms with E-state index in [1.807, 2.05) is 11.9 Å². The topological polar surface area (TPSA) is 32.3 Å². The second-order valence-corrected chi connectivity index (χ2v) is 5.34. The largest absolute Gasteiger partial charge is 0.342 e. The average Bonchev–Trinajstić information content (AvgIpc) is 2.15. The van der Waals surface area contributed by atoms with E-state index < -0.39 is 0 Å². The van der Waals surface area contributed by atoms with Crippen molar-refractivity contribution in [1.29, 1.82) is 0 Å². The van der Waals surface area contributed by atoms with Crippen LogP contribution in [0.15, 0.2) is 0 Å². The zero-order chi connectivity index (χ0) is 10.9. The number of hydrogen-bond acceptors (Lipinski definition) is 2. The number of amides is 1. The van der Waals surface area contributed by atoms with Crippen molar-refractivity contribution in [2.75, 3.05) is 20.1 Å². The normalized spacial score (nSPS) is 30.1. The van der Waals surface area contributed by atoms with Crippen LogP contribution in [0, 0.1) is 5.41 Å². The van der Waals surface area contributed by atoms with Crippen molar-refractivity contribution >= 4 is 18.3 Å². The lowest BCUT2D eigenvalue weighted by molar-refractivity contribution is -0.144. The van der Waals surface area contributed by atoms with Crippen LogP contribution >= 0.6 is 12.4 Å². The third-order valence-electron chi connectivity index (χ3n) is 4.06. The average molecular weight is 247 g/mol. The molecule has 1 amide bonds. The molecule has 2 rings (SSSR count). The highest BCUT2D eigenvalue weighted by Crippen LogP contribution is 2.32. The fourth-order valence-electron chi connectivity index (χ4n) is 2.60. The SMILES string of the molecule is CN(C(=O)C1(C)CCCNC1)C1CCC1.Cl. The summed E-state index contributed by atoms with van der Waals surface area (Å²) in [6, 6.07) is 0.524. The van der Waals surface area contributed by atoms with Crippen molar-refractivity contribution in [2.45, 2.75) is 45.1 Å². The highest BCUT2D eigenvalue weighted by atomic mass is 35.5. The summed E-state index contributed by atoms with van der Waals surface area (Å²) in [5, 5.41) is 3.34. The number of nitrogens with one attached hydrogen (secondary N) is 1. The molecule has 1 saturated carbocycles. The van der Waals surface area contributed by atoms with Crippen molar-refractivity contribution in [3.8, 4) is 0 Å². The predicted molar refractivity (Wildman–Crippen MR) is 67.9 cm³/mol. The van der Waals surface area contributed by atoms with Crippen molar-refractivity contribution in [2.24, 2.45) is 5.41 Å². The summed E-state index contributed by atoms with van der Waals surface area (Å²) in [7, 11) is 1.98. The van der Waals surface area contributed by atoms with Crippen LogP contribution in [-0.2, 0) is 4.79 Å². The third kappa shape index (κ3) is 2.51. The van der Waals surface area contributed by atoms with Gasteiger partial charge in [0.2, 0.25) is 5.91 Å². The molecule has 1 heterocycles. The van der Waals surface area contributed by atoms with Gasteiger partial charge in [-0.3, -0.25) is 4.79 Å². The molecule has 1 unspecified atom stereocenters. The first-order chi connectivity index (χ1) is 7.13. The van der Waals surface area contributed by atoms with Gasteiger partial charge < -0.3 is 10.2 Å². The lowest BCUT2D eigenvalue weighted by Crippen LogP contribution is -2.53. The van der Waals surface area contributed by atoms with E-state index in [1.54, 1.807) is 0 Å². The molecule has 94 valence electrons. The standard InChI is InChI=1S/C12H22N2O.ClH/c1-12(7-4-8-13-9-12)11(15)14(2)10-5-3-6-10;/h10,13H,3-9H2,1-2H3;1H. The number of carbonyl (C=O) groups excluding carboxylic acids is 1. The van der Waals surface area contributed by atoms with E-state index in [2.05, 4.69) is 12.2 Å². The molecule has 1 saturated heterocycles. The minimum absolute atomic E-state index is 0. The Morgan fingerprint density at radius 3 is 2.50 bits per heavy atom. The van der Waals surface area contributed by atoms with Gasteiger partial charge in [-0.2, -0.15) is 0 Å². The van der Waals surface area contributed by atoms with Gasteiger partial charge >= 0.3 is 0 Å². The van der Waals surface area contributed by atoms with Gasteiger partial charge in [-0.05, 0) is 45.6 Å². The van der Waals surface area contributed by atoms with Crippen molar-refractivity contribution in [3.63, 3.8) is 0 Å². The lowest BCUT2D eigenvalue weighted by Gasteiger charge is -2.42. The van der Waals surface area contributed by atoms with Crippen molar-refractivity contribution in [1.82, 2.24) is 10.2 Å². The number of nitrogens with zero attached hydrogens (tertiary/aromatic N) is 1. The highest BCUT2D eigenvalue weighted by Gasteiger charge is 2.39. The Balaban J connectivity index is 0.00000128. The van der Waals surface area contributed by atoms with Crippen molar-refractivity contribution < 1.29 is 4.79 Å². The molecule has 0 aromatic heterocycles. The van der Waals surface area contributed by atoms with Gasteiger partial charge in [-0.15, -0.1) is 12.4 Å². The molecule has 1 aliphatic heterocycles. The molecule has 3 nitrogen and oxygen atoms in total. The fraction of sp³-hybridized carbons (Fsp3) is 0.917. The summed E-state index contributed by atoms with van der Waals surface area (Å²) >= 11 is 0. The maximum atomic E-state index is 12.3. The zero-order valence-corrected chi connectivity index (χ0v) is 11.1. The minimum atomic E-state index is -0.150. The van der Waals surface area contributed by atoms with Gasteiger partial charge in [-0.1, -0.05) is 0 Å². The second kappa shape index (κ2) is 5.37. The molecule has 2 aliphatic rings. The van der Waals surface area contributed by atoms with Crippen molar-refractivity contribution in [3.05, 3.63) is 0 Å². The van der Waals surface area contributed by atoms with Crippen LogP contribution < -0.4 is 5.32 Å². The number of piperidine rings is 1. The molecule has 4 heteroatoms. The number of hydrogen-bond donors (Lipinski definition) is 1. The van der Waals surface area contributed by atoms with Crippen LogP contribution in [0.1, 0.15) is 39.0 Å². The number of halogens is 1. The lowest BCUT2D eigenvalue weighted by atomic mass is 9.80. The molecule has 0 aromatic rings. The summed E-state index contributed by atoms with van der Waals surface area (Å²) < 4.78 is 0. The van der Waals surface area contributed by atoms with E-state index in [1.165, 1.54) is 19.3 Å². The maximum absolute atomic E-state index is 12.3. The molecule has 1 aliphatic carbocycles. The number of carbonyl (C=O) groups is 1. The molecule has 0 aromatic carbocycles. The Kier molecular flexibility index (Phi) is 4.62. The first-order valence-electron chi connectivity index (χ1n) is 6.11. The summed E-state index contributed by atoms with van der Waals surface area (Å²) in [4.78, 5) is 14.3. The first kappa shape index (κ1) is 13.8. The van der Waals surface area contributed by atoms with Crippen LogP contribution in [-0.4, -0.2) is 37.0 Å². The number of rotatable bonds is 2. The van der Waals surface area contributed by atoms with Gasteiger partial charge in [0.15, 0.2) is 0 Å². The van der Waals surface area contributed by atoms with E-state index in [-0.39, 0.29) is 17.8 Å². The third-order valence-corrected chi connectivity index (χ3v) is 4.06. The van der Waals surface area contributed by atoms with Crippen LogP contribution in [0.4, 0.5) is 0 Å². The molecule has 16 heavy (non-hydrogen) atoms. The Bertz CT molecular complexity index is 247. The summed E-state index contributed by atoms with van der Waals surface area (Å²) in [5.41, 5.74) is -0.150. The van der Waals surface area contributed by atoms with Crippen LogP contribution in [0.3, 0.4) is 0 Å². The molecule has 1 atom stereocenters. The van der Waals surface area contributed by atoms with Crippen LogP contribution in [0.5, 0.6) is 0 Å². The summed E-state index contributed by atoms with van der Waals surface area (Å²) in [5.74, 6) is 0.347. The molecule has 0 spiro atoms. The zero-order valence-electron chi connectivity index (χ0n) is 10.3. The van der Waals surface area contributed by atoms with E-state index in [0.29, 0.717) is 11.9 Å². The van der Waals surface area contributed by atoms with E-state index >= 15 is 0 Å². The molecule has 1 N–H and O–H groups in total. The Morgan fingerprint density at radius 1 is 1.38 bits per heavy atom. The van der Waals surface area contributed by atoms with E-state index in [9.17, 15) is 4.79 Å². The van der Waals surface area contributed by atoms with E-state index in [0.717, 1.165) is 25.9 Å². The Morgan fingerprint density at radius 2 is 2.06 bits per heavy atom. The first-order valence-corrected chi connectivity index (χ1v) is 6.11. The molecular weight excluding hydrogens is 224 g/mol. The Hall–Kier alpha value is -0.280. The van der Waals surface area contributed by atoms with Gasteiger partial charge in [0.1, 0.15) is 0 Å². The van der Waals surface area contributed by atoms with Crippen LogP contribution in [0.25, 0.3) is 0 Å². The highest BCUT2D eigenvalue weighted by molar-refractivity contribution is 5.85. The predicted octanol–water partition coefficient (Wildman–Crippen LogP) is 1.81. The molecular formula is C12H23ClN2O.